The molecule has 0 radical (unpaired) electrons. The Kier molecular flexibility index (Phi) is 7.99. The lowest BCUT2D eigenvalue weighted by Crippen LogP contribution is -2.15. The highest BCUT2D eigenvalue weighted by atomic mass is 32.2. The lowest BCUT2D eigenvalue weighted by molar-refractivity contribution is -0.113. The summed E-state index contributed by atoms with van der Waals surface area (Å²) >= 11 is 2.72. The number of hydrogen-bond donors (Lipinski definition) is 1. The van der Waals surface area contributed by atoms with E-state index < -0.39 is 0 Å². The van der Waals surface area contributed by atoms with E-state index in [-0.39, 0.29) is 18.3 Å². The zero-order chi connectivity index (χ0) is 24.8. The molecular formula is C26H27N5O2S2. The number of thioether (sulfide) groups is 1. The summed E-state index contributed by atoms with van der Waals surface area (Å²) in [5.41, 5.74) is 5.25. The van der Waals surface area contributed by atoms with Gasteiger partial charge in [-0.3, -0.25) is 9.36 Å². The number of hydrogen-bond acceptors (Lipinski definition) is 7. The van der Waals surface area contributed by atoms with Gasteiger partial charge in [-0.1, -0.05) is 59.8 Å². The number of aryl methyl sites for hydroxylation is 3. The molecule has 2 aromatic heterocycles. The van der Waals surface area contributed by atoms with E-state index in [1.807, 2.05) is 67.1 Å². The maximum absolute atomic E-state index is 12.6. The number of carbonyl (C=O) groups is 1. The smallest absolute Gasteiger partial charge is 0.236 e. The van der Waals surface area contributed by atoms with Crippen molar-refractivity contribution >= 4 is 34.1 Å². The molecule has 35 heavy (non-hydrogen) atoms. The number of rotatable bonds is 10. The van der Waals surface area contributed by atoms with E-state index in [2.05, 4.69) is 33.1 Å². The highest BCUT2D eigenvalue weighted by molar-refractivity contribution is 7.99. The topological polar surface area (TPSA) is 81.9 Å². The number of amides is 1. The molecule has 0 saturated heterocycles. The number of nitrogens with zero attached hydrogens (tertiary/aromatic N) is 4. The normalized spacial score (nSPS) is 10.8. The van der Waals surface area contributed by atoms with Gasteiger partial charge < -0.3 is 10.1 Å². The Morgan fingerprint density at radius 2 is 1.91 bits per heavy atom. The Bertz CT molecular complexity index is 1330. The first-order chi connectivity index (χ1) is 16.9. The minimum atomic E-state index is -0.152. The Labute approximate surface area is 213 Å². The van der Waals surface area contributed by atoms with Crippen LogP contribution in [0.4, 0.5) is 5.13 Å². The van der Waals surface area contributed by atoms with Gasteiger partial charge in [0.25, 0.3) is 0 Å². The van der Waals surface area contributed by atoms with Gasteiger partial charge in [0.05, 0.1) is 11.4 Å². The number of allylic oxidation sites excluding steroid dienone is 1. The third kappa shape index (κ3) is 6.37. The predicted octanol–water partition coefficient (Wildman–Crippen LogP) is 5.82. The number of anilines is 1. The lowest BCUT2D eigenvalue weighted by atomic mass is 10.1. The van der Waals surface area contributed by atoms with Crippen LogP contribution in [0, 0.1) is 20.8 Å². The third-order valence-corrected chi connectivity index (χ3v) is 6.96. The molecule has 0 atom stereocenters. The Balaban J connectivity index is 1.36. The maximum atomic E-state index is 12.6. The highest BCUT2D eigenvalue weighted by Crippen LogP contribution is 2.26. The summed E-state index contributed by atoms with van der Waals surface area (Å²) < 4.78 is 7.91. The molecule has 0 bridgehead atoms. The highest BCUT2D eigenvalue weighted by Gasteiger charge is 2.15. The van der Waals surface area contributed by atoms with Crippen molar-refractivity contribution in [2.24, 2.45) is 0 Å². The van der Waals surface area contributed by atoms with E-state index in [1.165, 1.54) is 28.7 Å². The van der Waals surface area contributed by atoms with Gasteiger partial charge in [-0.15, -0.1) is 28.1 Å². The van der Waals surface area contributed by atoms with E-state index >= 15 is 0 Å². The summed E-state index contributed by atoms with van der Waals surface area (Å²) in [6.07, 6.45) is 1.77. The average Bonchev–Trinajstić information content (AvgIpc) is 3.46. The molecule has 9 heteroatoms. The Morgan fingerprint density at radius 3 is 2.69 bits per heavy atom. The van der Waals surface area contributed by atoms with Gasteiger partial charge in [0.1, 0.15) is 12.4 Å². The van der Waals surface area contributed by atoms with Gasteiger partial charge in [0, 0.05) is 17.5 Å². The van der Waals surface area contributed by atoms with Crippen molar-refractivity contribution in [1.82, 2.24) is 19.7 Å². The molecule has 0 aliphatic rings. The lowest BCUT2D eigenvalue weighted by Gasteiger charge is -2.11. The van der Waals surface area contributed by atoms with Gasteiger partial charge in [0.2, 0.25) is 5.91 Å². The largest absolute Gasteiger partial charge is 0.485 e. The molecule has 7 nitrogen and oxygen atoms in total. The summed E-state index contributed by atoms with van der Waals surface area (Å²) in [4.78, 5) is 17.1. The van der Waals surface area contributed by atoms with Gasteiger partial charge >= 0.3 is 0 Å². The van der Waals surface area contributed by atoms with E-state index in [9.17, 15) is 4.79 Å². The van der Waals surface area contributed by atoms with E-state index in [0.717, 1.165) is 28.1 Å². The van der Waals surface area contributed by atoms with Crippen LogP contribution in [0.2, 0.25) is 0 Å². The molecule has 0 unspecified atom stereocenters. The first-order valence-electron chi connectivity index (χ1n) is 11.1. The summed E-state index contributed by atoms with van der Waals surface area (Å²) in [7, 11) is 0. The molecule has 0 aliphatic heterocycles. The first-order valence-corrected chi connectivity index (χ1v) is 13.0. The van der Waals surface area contributed by atoms with Gasteiger partial charge in [-0.2, -0.15) is 0 Å². The fourth-order valence-corrected chi connectivity index (χ4v) is 4.83. The number of nitrogens with one attached hydrogen (secondary N) is 1. The SMILES string of the molecule is C=CCn1c(COc2cc(C)ccc2C)nnc1SCC(=O)Nc1nc(-c2ccc(C)cc2)cs1. The van der Waals surface area contributed by atoms with Crippen LogP contribution < -0.4 is 10.1 Å². The molecule has 1 N–H and O–H groups in total. The molecule has 2 heterocycles. The standard InChI is InChI=1S/C26H27N5O2S2/c1-5-12-31-23(14-33-22-13-18(3)6-9-19(22)4)29-30-26(31)35-16-24(32)28-25-27-21(15-34-25)20-10-7-17(2)8-11-20/h5-11,13,15H,1,12,14,16H2,2-4H3,(H,27,28,32). The Hall–Kier alpha value is -3.43. The molecule has 0 spiro atoms. The molecule has 0 aliphatic carbocycles. The maximum Gasteiger partial charge on any atom is 0.236 e. The number of benzene rings is 2. The minimum absolute atomic E-state index is 0.152. The summed E-state index contributed by atoms with van der Waals surface area (Å²) in [5.74, 6) is 1.53. The van der Waals surface area contributed by atoms with Gasteiger partial charge in [-0.25, -0.2) is 4.98 Å². The molecular weight excluding hydrogens is 478 g/mol. The summed E-state index contributed by atoms with van der Waals surface area (Å²) in [6, 6.07) is 14.2. The van der Waals surface area contributed by atoms with Crippen LogP contribution >= 0.6 is 23.1 Å². The second-order valence-corrected chi connectivity index (χ2v) is 9.90. The van der Waals surface area contributed by atoms with Crippen LogP contribution in [0.5, 0.6) is 5.75 Å². The van der Waals surface area contributed by atoms with Crippen LogP contribution in [0.15, 0.2) is 65.7 Å². The van der Waals surface area contributed by atoms with Crippen molar-refractivity contribution in [2.45, 2.75) is 39.1 Å². The van der Waals surface area contributed by atoms with E-state index in [4.69, 9.17) is 4.74 Å². The minimum Gasteiger partial charge on any atom is -0.485 e. The molecule has 0 saturated carbocycles. The molecule has 4 aromatic rings. The quantitative estimate of drug-likeness (QED) is 0.216. The van der Waals surface area contributed by atoms with Crippen molar-refractivity contribution < 1.29 is 9.53 Å². The van der Waals surface area contributed by atoms with E-state index in [0.29, 0.717) is 22.7 Å². The summed E-state index contributed by atoms with van der Waals surface area (Å²) in [5, 5.41) is 14.6. The van der Waals surface area contributed by atoms with Crippen LogP contribution in [-0.4, -0.2) is 31.4 Å². The molecule has 1 amide bonds. The van der Waals surface area contributed by atoms with E-state index in [1.54, 1.807) is 6.08 Å². The monoisotopic (exact) mass is 505 g/mol. The number of thiazole rings is 1. The van der Waals surface area contributed by atoms with Gasteiger partial charge in [0.15, 0.2) is 16.1 Å². The second kappa shape index (κ2) is 11.3. The zero-order valence-corrected chi connectivity index (χ0v) is 21.6. The molecule has 180 valence electrons. The van der Waals surface area contributed by atoms with Crippen LogP contribution in [0.25, 0.3) is 11.3 Å². The zero-order valence-electron chi connectivity index (χ0n) is 19.9. The van der Waals surface area contributed by atoms with Crippen molar-refractivity contribution in [3.63, 3.8) is 0 Å². The number of ether oxygens (including phenoxy) is 1. The van der Waals surface area contributed by atoms with Crippen molar-refractivity contribution in [1.29, 1.82) is 0 Å². The first kappa shape index (κ1) is 24.7. The van der Waals surface area contributed by atoms with Crippen molar-refractivity contribution in [3.8, 4) is 17.0 Å². The van der Waals surface area contributed by atoms with Gasteiger partial charge in [-0.05, 0) is 38.0 Å². The number of aromatic nitrogens is 4. The molecule has 4 rings (SSSR count). The average molecular weight is 506 g/mol. The Morgan fingerprint density at radius 1 is 1.14 bits per heavy atom. The fourth-order valence-electron chi connectivity index (χ4n) is 3.32. The third-order valence-electron chi connectivity index (χ3n) is 5.24. The van der Waals surface area contributed by atoms with Crippen molar-refractivity contribution in [2.75, 3.05) is 11.1 Å². The number of carbonyl (C=O) groups excluding carboxylic acids is 1. The molecule has 2 aromatic carbocycles. The van der Waals surface area contributed by atoms with Crippen molar-refractivity contribution in [3.05, 3.63) is 83.0 Å². The summed E-state index contributed by atoms with van der Waals surface area (Å²) in [6.45, 7) is 10.7. The second-order valence-electron chi connectivity index (χ2n) is 8.10. The van der Waals surface area contributed by atoms with Crippen LogP contribution in [-0.2, 0) is 17.9 Å². The van der Waals surface area contributed by atoms with Crippen LogP contribution in [0.3, 0.4) is 0 Å². The fraction of sp³-hybridized carbons (Fsp3) is 0.231. The predicted molar refractivity (Wildman–Crippen MR) is 142 cm³/mol. The van der Waals surface area contributed by atoms with Crippen LogP contribution in [0.1, 0.15) is 22.5 Å². The molecule has 0 fully saturated rings.